The maximum absolute atomic E-state index is 8.23. The van der Waals surface area contributed by atoms with E-state index >= 15 is 0 Å². The molecule has 2 aromatic rings. The molecule has 0 heterocycles. The van der Waals surface area contributed by atoms with Gasteiger partial charge in [-0.3, -0.25) is 0 Å². The van der Waals surface area contributed by atoms with Gasteiger partial charge in [0.1, 0.15) is 0 Å². The molecule has 3 heteroatoms. The number of hydrogen-bond donors (Lipinski definition) is 0. The number of hydrogen-bond acceptors (Lipinski definition) is 1. The Hall–Kier alpha value is -0.514. The van der Waals surface area contributed by atoms with Gasteiger partial charge in [0.15, 0.2) is 0 Å². The molecule has 31 heavy (non-hydrogen) atoms. The van der Waals surface area contributed by atoms with Crippen LogP contribution in [0.15, 0.2) is 60.7 Å². The van der Waals surface area contributed by atoms with Gasteiger partial charge in [-0.15, -0.1) is 0 Å². The third kappa shape index (κ3) is 4.61. The van der Waals surface area contributed by atoms with Crippen LogP contribution in [0.5, 0.6) is 0 Å². The van der Waals surface area contributed by atoms with Gasteiger partial charge in [0, 0.05) is 0 Å². The van der Waals surface area contributed by atoms with Crippen LogP contribution in [0.1, 0.15) is 83.1 Å². The minimum absolute atomic E-state index is 0.0426. The molecule has 0 aliphatic heterocycles. The first-order valence-electron chi connectivity index (χ1n) is 11.7. The molecular formula is C28H46Ge2O. The molecule has 0 bridgehead atoms. The molecule has 0 amide bonds. The summed E-state index contributed by atoms with van der Waals surface area (Å²) in [5.41, 5.74) is 0. The van der Waals surface area contributed by atoms with E-state index in [1.165, 1.54) is 8.79 Å². The van der Waals surface area contributed by atoms with Crippen LogP contribution in [-0.4, -0.2) is 27.2 Å². The Morgan fingerprint density at radius 3 is 0.968 bits per heavy atom. The van der Waals surface area contributed by atoms with Crippen molar-refractivity contribution in [1.82, 2.24) is 0 Å². The monoisotopic (exact) mass is 546 g/mol. The average Bonchev–Trinajstić information content (AvgIpc) is 2.59. The molecule has 0 aliphatic rings. The van der Waals surface area contributed by atoms with Gasteiger partial charge >= 0.3 is 200 Å². The standard InChI is InChI=1S/C28H46Ge2O/c1-25(2,3)29(23-19-15-13-16-20-23,24-21-17-14-18-22-24)31-30(26(4,5)6,27(7,8)9)28(10,11)12/h13-22H,1-12H3. The predicted octanol–water partition coefficient (Wildman–Crippen LogP) is 7.91. The fraction of sp³-hybridized carbons (Fsp3) is 0.571. The summed E-state index contributed by atoms with van der Waals surface area (Å²) in [4.78, 5) is 0. The first kappa shape index (κ1) is 26.7. The first-order valence-corrected chi connectivity index (χ1v) is 19.7. The van der Waals surface area contributed by atoms with E-state index in [9.17, 15) is 0 Å². The van der Waals surface area contributed by atoms with E-state index in [-0.39, 0.29) is 17.0 Å². The Balaban J connectivity index is 3.06. The van der Waals surface area contributed by atoms with E-state index in [2.05, 4.69) is 144 Å². The SMILES string of the molecule is C[C](C)(C)[Ge]([O][Ge]([C](C)(C)C)([C](C)(C)C)[C](C)(C)C)([c]1ccccc1)[c]1ccccc1. The molecule has 2 rings (SSSR count). The molecule has 0 atom stereocenters. The van der Waals surface area contributed by atoms with E-state index in [1.54, 1.807) is 0 Å². The predicted molar refractivity (Wildman–Crippen MR) is 144 cm³/mol. The van der Waals surface area contributed by atoms with Gasteiger partial charge in [0.25, 0.3) is 0 Å². The van der Waals surface area contributed by atoms with Crippen molar-refractivity contribution in [2.45, 2.75) is 100 Å². The Morgan fingerprint density at radius 1 is 0.452 bits per heavy atom. The second-order valence-corrected chi connectivity index (χ2v) is 36.6. The summed E-state index contributed by atoms with van der Waals surface area (Å²) < 4.78 is 11.5. The van der Waals surface area contributed by atoms with Crippen molar-refractivity contribution >= 4 is 36.0 Å². The van der Waals surface area contributed by atoms with Crippen molar-refractivity contribution in [3.8, 4) is 0 Å². The van der Waals surface area contributed by atoms with Crippen molar-refractivity contribution in [3.63, 3.8) is 0 Å². The second-order valence-electron chi connectivity index (χ2n) is 13.2. The third-order valence-electron chi connectivity index (χ3n) is 6.89. The topological polar surface area (TPSA) is 9.23 Å². The summed E-state index contributed by atoms with van der Waals surface area (Å²) in [5, 5.41) is 0. The summed E-state index contributed by atoms with van der Waals surface area (Å²) in [6.07, 6.45) is 0. The molecule has 0 radical (unpaired) electrons. The van der Waals surface area contributed by atoms with Gasteiger partial charge in [0.2, 0.25) is 0 Å². The van der Waals surface area contributed by atoms with E-state index in [4.69, 9.17) is 2.79 Å². The van der Waals surface area contributed by atoms with E-state index in [0.29, 0.717) is 0 Å². The average molecular weight is 544 g/mol. The van der Waals surface area contributed by atoms with Gasteiger partial charge in [-0.1, -0.05) is 0 Å². The van der Waals surface area contributed by atoms with Crippen LogP contribution >= 0.6 is 0 Å². The van der Waals surface area contributed by atoms with Gasteiger partial charge in [-0.25, -0.2) is 0 Å². The van der Waals surface area contributed by atoms with Crippen LogP contribution in [0, 0.1) is 0 Å². The van der Waals surface area contributed by atoms with Crippen LogP contribution in [0.2, 0.25) is 17.0 Å². The molecular weight excluding hydrogens is 498 g/mol. The summed E-state index contributed by atoms with van der Waals surface area (Å²) >= 11 is -6.52. The number of benzene rings is 2. The molecule has 0 aromatic heterocycles. The van der Waals surface area contributed by atoms with Crippen molar-refractivity contribution in [1.29, 1.82) is 0 Å². The minimum atomic E-state index is -3.36. The van der Waals surface area contributed by atoms with Crippen molar-refractivity contribution in [3.05, 3.63) is 60.7 Å². The van der Waals surface area contributed by atoms with Crippen LogP contribution < -0.4 is 8.79 Å². The van der Waals surface area contributed by atoms with Crippen LogP contribution in [0.4, 0.5) is 0 Å². The van der Waals surface area contributed by atoms with E-state index < -0.39 is 27.2 Å². The fourth-order valence-electron chi connectivity index (χ4n) is 6.71. The molecule has 2 aromatic carbocycles. The second kappa shape index (κ2) is 8.69. The summed E-state index contributed by atoms with van der Waals surface area (Å²) in [5.74, 6) is 0. The van der Waals surface area contributed by atoms with Crippen molar-refractivity contribution in [2.24, 2.45) is 0 Å². The van der Waals surface area contributed by atoms with E-state index in [1.807, 2.05) is 0 Å². The van der Waals surface area contributed by atoms with Gasteiger partial charge in [0.05, 0.1) is 0 Å². The molecule has 0 spiro atoms. The molecule has 0 N–H and O–H groups in total. The van der Waals surface area contributed by atoms with Gasteiger partial charge in [-0.05, 0) is 0 Å². The molecule has 172 valence electrons. The fourth-order valence-corrected chi connectivity index (χ4v) is 52.9. The molecule has 1 nitrogen and oxygen atoms in total. The van der Waals surface area contributed by atoms with Crippen LogP contribution in [-0.2, 0) is 2.79 Å². The molecule has 0 saturated carbocycles. The zero-order valence-corrected chi connectivity index (χ0v) is 26.4. The Kier molecular flexibility index (Phi) is 7.49. The van der Waals surface area contributed by atoms with Gasteiger partial charge in [-0.2, -0.15) is 0 Å². The van der Waals surface area contributed by atoms with Crippen molar-refractivity contribution in [2.75, 3.05) is 0 Å². The summed E-state index contributed by atoms with van der Waals surface area (Å²) in [7, 11) is 0. The Labute approximate surface area is 198 Å². The zero-order valence-electron chi connectivity index (χ0n) is 22.2. The Bertz CT molecular complexity index is 769. The molecule has 0 saturated heterocycles. The molecule has 0 aliphatic carbocycles. The van der Waals surface area contributed by atoms with Crippen molar-refractivity contribution < 1.29 is 2.79 Å². The summed E-state index contributed by atoms with van der Waals surface area (Å²) in [6.45, 7) is 29.4. The van der Waals surface area contributed by atoms with Gasteiger partial charge < -0.3 is 0 Å². The maximum atomic E-state index is 8.23. The first-order chi connectivity index (χ1) is 13.9. The third-order valence-corrected chi connectivity index (χ3v) is 37.4. The Morgan fingerprint density at radius 2 is 0.742 bits per heavy atom. The normalized spacial score (nSPS) is 14.6. The van der Waals surface area contributed by atoms with Crippen LogP contribution in [0.3, 0.4) is 0 Å². The summed E-state index contributed by atoms with van der Waals surface area (Å²) in [6, 6.07) is 22.5. The molecule has 0 fully saturated rings. The number of rotatable bonds is 4. The quantitative estimate of drug-likeness (QED) is 0.356. The molecule has 0 unspecified atom stereocenters. The van der Waals surface area contributed by atoms with E-state index in [0.717, 1.165) is 0 Å². The van der Waals surface area contributed by atoms with Crippen LogP contribution in [0.25, 0.3) is 0 Å². The zero-order chi connectivity index (χ0) is 23.9.